The van der Waals surface area contributed by atoms with Crippen LogP contribution in [0.2, 0.25) is 5.02 Å². The maximum absolute atomic E-state index is 14.2. The van der Waals surface area contributed by atoms with Gasteiger partial charge in [-0.2, -0.15) is 0 Å². The average Bonchev–Trinajstić information content (AvgIpc) is 3.36. The number of rotatable bonds is 3. The second-order valence-corrected chi connectivity index (χ2v) is 9.68. The molecule has 8 heteroatoms. The molecule has 5 nitrogen and oxygen atoms in total. The fourth-order valence-electron chi connectivity index (χ4n) is 4.49. The van der Waals surface area contributed by atoms with E-state index in [1.54, 1.807) is 0 Å². The predicted molar refractivity (Wildman–Crippen MR) is 116 cm³/mol. The number of imide groups is 1. The average molecular weight is 463 g/mol. The summed E-state index contributed by atoms with van der Waals surface area (Å²) in [5, 5.41) is -0.574. The van der Waals surface area contributed by atoms with Gasteiger partial charge in [0.1, 0.15) is 29.3 Å². The molecule has 3 atom stereocenters. The molecule has 2 aliphatic heterocycles. The van der Waals surface area contributed by atoms with Crippen LogP contribution in [-0.2, 0) is 9.53 Å². The zero-order valence-corrected chi connectivity index (χ0v) is 18.9. The van der Waals surface area contributed by atoms with E-state index in [-0.39, 0.29) is 12.1 Å². The van der Waals surface area contributed by atoms with Gasteiger partial charge in [0.2, 0.25) is 5.91 Å². The highest BCUT2D eigenvalue weighted by Crippen LogP contribution is 2.41. The van der Waals surface area contributed by atoms with Gasteiger partial charge in [-0.15, -0.1) is 0 Å². The van der Waals surface area contributed by atoms with Crippen molar-refractivity contribution >= 4 is 23.6 Å². The van der Waals surface area contributed by atoms with Crippen molar-refractivity contribution < 1.29 is 23.1 Å². The lowest BCUT2D eigenvalue weighted by Gasteiger charge is -2.32. The lowest BCUT2D eigenvalue weighted by Crippen LogP contribution is -2.43. The van der Waals surface area contributed by atoms with Crippen LogP contribution in [0.1, 0.15) is 43.9 Å². The standard InChI is InChI=1S/C24H25ClF2N2O3/c1-24(2,3)28-11-16(15-9-18(26)21(25)19(27)10-15)17(12-28)22(30)29-20(13-32-23(29)31)14-7-5-4-6-8-14/h4-10,16-17,20H,11-13H2,1-3H3. The van der Waals surface area contributed by atoms with Gasteiger partial charge in [0, 0.05) is 24.5 Å². The summed E-state index contributed by atoms with van der Waals surface area (Å²) in [6, 6.07) is 11.0. The van der Waals surface area contributed by atoms with E-state index >= 15 is 0 Å². The molecule has 0 radical (unpaired) electrons. The summed E-state index contributed by atoms with van der Waals surface area (Å²) >= 11 is 5.67. The molecule has 0 aromatic heterocycles. The predicted octanol–water partition coefficient (Wildman–Crippen LogP) is 5.15. The second-order valence-electron chi connectivity index (χ2n) is 9.30. The van der Waals surface area contributed by atoms with E-state index in [1.165, 1.54) is 12.1 Å². The summed E-state index contributed by atoms with van der Waals surface area (Å²) in [6.07, 6.45) is -0.703. The molecule has 2 aromatic carbocycles. The van der Waals surface area contributed by atoms with Gasteiger partial charge in [0.25, 0.3) is 0 Å². The van der Waals surface area contributed by atoms with E-state index in [0.717, 1.165) is 10.5 Å². The highest BCUT2D eigenvalue weighted by atomic mass is 35.5. The molecule has 2 heterocycles. The molecule has 2 saturated heterocycles. The Hall–Kier alpha value is -2.51. The van der Waals surface area contributed by atoms with E-state index < -0.39 is 46.5 Å². The lowest BCUT2D eigenvalue weighted by molar-refractivity contribution is -0.133. The van der Waals surface area contributed by atoms with Crippen molar-refractivity contribution in [3.8, 4) is 0 Å². The first-order valence-electron chi connectivity index (χ1n) is 10.5. The largest absolute Gasteiger partial charge is 0.446 e. The van der Waals surface area contributed by atoms with Crippen LogP contribution in [0.4, 0.5) is 13.6 Å². The van der Waals surface area contributed by atoms with Gasteiger partial charge in [0.05, 0.1) is 5.92 Å². The van der Waals surface area contributed by atoms with Gasteiger partial charge in [-0.25, -0.2) is 18.5 Å². The van der Waals surface area contributed by atoms with E-state index in [4.69, 9.17) is 16.3 Å². The Morgan fingerprint density at radius 2 is 1.69 bits per heavy atom. The molecule has 2 fully saturated rings. The monoisotopic (exact) mass is 462 g/mol. The van der Waals surface area contributed by atoms with Crippen molar-refractivity contribution in [2.75, 3.05) is 19.7 Å². The summed E-state index contributed by atoms with van der Waals surface area (Å²) in [7, 11) is 0. The van der Waals surface area contributed by atoms with Gasteiger partial charge in [-0.05, 0) is 44.0 Å². The van der Waals surface area contributed by atoms with Crippen molar-refractivity contribution in [2.24, 2.45) is 5.92 Å². The Balaban J connectivity index is 1.71. The van der Waals surface area contributed by atoms with Gasteiger partial charge in [0.15, 0.2) is 0 Å². The third kappa shape index (κ3) is 4.11. The first-order valence-corrected chi connectivity index (χ1v) is 10.9. The highest BCUT2D eigenvalue weighted by Gasteiger charge is 2.48. The first kappa shape index (κ1) is 22.7. The minimum Gasteiger partial charge on any atom is -0.446 e. The molecule has 0 spiro atoms. The maximum atomic E-state index is 14.2. The number of hydrogen-bond acceptors (Lipinski definition) is 4. The third-order valence-electron chi connectivity index (χ3n) is 6.31. The Morgan fingerprint density at radius 3 is 2.28 bits per heavy atom. The Kier molecular flexibility index (Phi) is 5.98. The van der Waals surface area contributed by atoms with Gasteiger partial charge in [-0.1, -0.05) is 41.9 Å². The fourth-order valence-corrected chi connectivity index (χ4v) is 4.60. The van der Waals surface area contributed by atoms with Crippen LogP contribution in [0.15, 0.2) is 42.5 Å². The van der Waals surface area contributed by atoms with Gasteiger partial charge in [-0.3, -0.25) is 9.69 Å². The molecule has 2 aromatic rings. The summed E-state index contributed by atoms with van der Waals surface area (Å²) in [5.41, 5.74) is 0.858. The van der Waals surface area contributed by atoms with E-state index in [0.29, 0.717) is 18.7 Å². The number of likely N-dealkylation sites (tertiary alicyclic amines) is 1. The summed E-state index contributed by atoms with van der Waals surface area (Å²) in [6.45, 7) is 6.87. The Labute approximate surface area is 190 Å². The summed E-state index contributed by atoms with van der Waals surface area (Å²) < 4.78 is 33.7. The number of amides is 2. The number of cyclic esters (lactones) is 1. The van der Waals surface area contributed by atoms with Gasteiger partial charge >= 0.3 is 6.09 Å². The van der Waals surface area contributed by atoms with Crippen LogP contribution >= 0.6 is 11.6 Å². The van der Waals surface area contributed by atoms with Crippen LogP contribution in [0.5, 0.6) is 0 Å². The van der Waals surface area contributed by atoms with Crippen molar-refractivity contribution in [2.45, 2.75) is 38.3 Å². The molecule has 0 bridgehead atoms. The molecule has 2 aliphatic rings. The molecule has 4 rings (SSSR count). The minimum atomic E-state index is -0.871. The molecule has 0 N–H and O–H groups in total. The first-order chi connectivity index (χ1) is 15.1. The number of carbonyl (C=O) groups is 2. The number of carbonyl (C=O) groups excluding carboxylic acids is 2. The van der Waals surface area contributed by atoms with Crippen LogP contribution in [0, 0.1) is 17.6 Å². The zero-order chi connectivity index (χ0) is 23.2. The molecule has 0 saturated carbocycles. The zero-order valence-electron chi connectivity index (χ0n) is 18.1. The number of benzene rings is 2. The van der Waals surface area contributed by atoms with Crippen molar-refractivity contribution in [1.29, 1.82) is 0 Å². The van der Waals surface area contributed by atoms with E-state index in [1.807, 2.05) is 51.1 Å². The fraction of sp³-hybridized carbons (Fsp3) is 0.417. The molecule has 3 unspecified atom stereocenters. The number of halogens is 3. The van der Waals surface area contributed by atoms with Crippen molar-refractivity contribution in [3.05, 3.63) is 70.2 Å². The second kappa shape index (κ2) is 8.45. The Bertz CT molecular complexity index is 1020. The molecule has 170 valence electrons. The Morgan fingerprint density at radius 1 is 1.06 bits per heavy atom. The van der Waals surface area contributed by atoms with Crippen LogP contribution in [-0.4, -0.2) is 47.0 Å². The third-order valence-corrected chi connectivity index (χ3v) is 6.68. The van der Waals surface area contributed by atoms with E-state index in [9.17, 15) is 18.4 Å². The number of ether oxygens (including phenoxy) is 1. The van der Waals surface area contributed by atoms with Crippen LogP contribution < -0.4 is 0 Å². The lowest BCUT2D eigenvalue weighted by atomic mass is 9.87. The normalized spacial score (nSPS) is 24.1. The van der Waals surface area contributed by atoms with Gasteiger partial charge < -0.3 is 4.74 Å². The topological polar surface area (TPSA) is 49.9 Å². The quantitative estimate of drug-likeness (QED) is 0.592. The summed E-state index contributed by atoms with van der Waals surface area (Å²) in [5.74, 6) is -3.33. The number of hydrogen-bond donors (Lipinski definition) is 0. The smallest absolute Gasteiger partial charge is 0.417 e. The SMILES string of the molecule is CC(C)(C)N1CC(C(=O)N2C(=O)OCC2c2ccccc2)C(c2cc(F)c(Cl)c(F)c2)C1. The number of nitrogens with zero attached hydrogens (tertiary/aromatic N) is 2. The van der Waals surface area contributed by atoms with Crippen LogP contribution in [0.25, 0.3) is 0 Å². The highest BCUT2D eigenvalue weighted by molar-refractivity contribution is 6.30. The van der Waals surface area contributed by atoms with Crippen molar-refractivity contribution in [1.82, 2.24) is 9.80 Å². The molecule has 32 heavy (non-hydrogen) atoms. The minimum absolute atomic E-state index is 0.0686. The molecular formula is C24H25ClF2N2O3. The molecular weight excluding hydrogens is 438 g/mol. The van der Waals surface area contributed by atoms with Crippen LogP contribution in [0.3, 0.4) is 0 Å². The van der Waals surface area contributed by atoms with E-state index in [2.05, 4.69) is 4.90 Å². The van der Waals surface area contributed by atoms with Crippen molar-refractivity contribution in [3.63, 3.8) is 0 Å². The molecule has 0 aliphatic carbocycles. The maximum Gasteiger partial charge on any atom is 0.417 e. The molecule has 2 amide bonds. The summed E-state index contributed by atoms with van der Waals surface area (Å²) in [4.78, 5) is 29.5.